The van der Waals surface area contributed by atoms with Crippen LogP contribution in [0.3, 0.4) is 0 Å². The van der Waals surface area contributed by atoms with Crippen molar-refractivity contribution in [3.63, 3.8) is 0 Å². The van der Waals surface area contributed by atoms with Gasteiger partial charge in [-0.25, -0.2) is 8.42 Å². The Morgan fingerprint density at radius 2 is 2.00 bits per heavy atom. The predicted octanol–water partition coefficient (Wildman–Crippen LogP) is 1.03. The molecule has 1 aliphatic rings. The lowest BCUT2D eigenvalue weighted by Gasteiger charge is -2.35. The second-order valence-corrected chi connectivity index (χ2v) is 7.03. The zero-order valence-electron chi connectivity index (χ0n) is 9.46. The van der Waals surface area contributed by atoms with E-state index in [0.717, 1.165) is 32.1 Å². The highest BCUT2D eigenvalue weighted by Gasteiger charge is 2.42. The Bertz CT molecular complexity index is 433. The molecular formula is C10H17N3O2S. The first-order chi connectivity index (χ1) is 7.54. The summed E-state index contributed by atoms with van der Waals surface area (Å²) in [7, 11) is -3.05. The minimum Gasteiger partial charge on any atom is -0.251 e. The maximum Gasteiger partial charge on any atom is 0.154 e. The van der Waals surface area contributed by atoms with Crippen LogP contribution in [0.5, 0.6) is 0 Å². The monoisotopic (exact) mass is 243 g/mol. The van der Waals surface area contributed by atoms with Crippen molar-refractivity contribution in [2.45, 2.75) is 43.4 Å². The summed E-state index contributed by atoms with van der Waals surface area (Å²) in [6.07, 6.45) is 9.24. The molecule has 0 amide bonds. The maximum atomic E-state index is 12.0. The molecule has 0 N–H and O–H groups in total. The third-order valence-electron chi connectivity index (χ3n) is 3.47. The van der Waals surface area contributed by atoms with Gasteiger partial charge in [0, 0.05) is 12.5 Å². The summed E-state index contributed by atoms with van der Waals surface area (Å²) in [6, 6.07) is 0. The molecule has 0 aromatic carbocycles. The number of nitrogens with zero attached hydrogens (tertiary/aromatic N) is 3. The second-order valence-electron chi connectivity index (χ2n) is 4.62. The molecule has 1 aromatic rings. The van der Waals surface area contributed by atoms with Crippen LogP contribution in [0.15, 0.2) is 12.4 Å². The van der Waals surface area contributed by atoms with Crippen molar-refractivity contribution in [1.82, 2.24) is 15.0 Å². The minimum absolute atomic E-state index is 0.436. The van der Waals surface area contributed by atoms with Crippen LogP contribution in [0.4, 0.5) is 0 Å². The van der Waals surface area contributed by atoms with E-state index in [9.17, 15) is 8.42 Å². The first-order valence-electron chi connectivity index (χ1n) is 5.57. The molecule has 16 heavy (non-hydrogen) atoms. The molecule has 1 fully saturated rings. The van der Waals surface area contributed by atoms with E-state index in [1.807, 2.05) is 0 Å². The minimum atomic E-state index is -3.05. The van der Waals surface area contributed by atoms with Crippen molar-refractivity contribution in [1.29, 1.82) is 0 Å². The summed E-state index contributed by atoms with van der Waals surface area (Å²) in [5, 5.41) is 7.59. The zero-order chi connectivity index (χ0) is 11.6. The number of rotatable bonds is 3. The van der Waals surface area contributed by atoms with E-state index in [4.69, 9.17) is 0 Å². The fourth-order valence-corrected chi connectivity index (χ4v) is 3.85. The third kappa shape index (κ3) is 2.11. The molecule has 1 aromatic heterocycles. The van der Waals surface area contributed by atoms with E-state index in [2.05, 4.69) is 10.3 Å². The van der Waals surface area contributed by atoms with Crippen molar-refractivity contribution in [2.24, 2.45) is 0 Å². The van der Waals surface area contributed by atoms with Gasteiger partial charge in [-0.2, -0.15) is 0 Å². The van der Waals surface area contributed by atoms with Gasteiger partial charge in [0.25, 0.3) is 0 Å². The first kappa shape index (κ1) is 11.6. The lowest BCUT2D eigenvalue weighted by atomic mass is 9.88. The molecular weight excluding hydrogens is 226 g/mol. The van der Waals surface area contributed by atoms with E-state index in [1.165, 1.54) is 6.26 Å². The summed E-state index contributed by atoms with van der Waals surface area (Å²) < 4.78 is 25.0. The molecule has 0 bridgehead atoms. The number of hydrogen-bond donors (Lipinski definition) is 0. The summed E-state index contributed by atoms with van der Waals surface area (Å²) >= 11 is 0. The van der Waals surface area contributed by atoms with Crippen molar-refractivity contribution >= 4 is 9.84 Å². The van der Waals surface area contributed by atoms with E-state index in [1.54, 1.807) is 17.1 Å². The Balaban J connectivity index is 2.27. The highest BCUT2D eigenvalue weighted by molar-refractivity contribution is 7.92. The smallest absolute Gasteiger partial charge is 0.154 e. The molecule has 1 aliphatic carbocycles. The van der Waals surface area contributed by atoms with Crippen LogP contribution in [0.1, 0.15) is 32.1 Å². The van der Waals surface area contributed by atoms with Crippen LogP contribution < -0.4 is 0 Å². The topological polar surface area (TPSA) is 64.8 Å². The fourth-order valence-electron chi connectivity index (χ4n) is 2.45. The van der Waals surface area contributed by atoms with Gasteiger partial charge in [0.2, 0.25) is 0 Å². The molecule has 0 spiro atoms. The SMILES string of the molecule is CS(=O)(=O)C1(Cn2ccnn2)CCCCC1. The van der Waals surface area contributed by atoms with E-state index < -0.39 is 14.6 Å². The average molecular weight is 243 g/mol. The van der Waals surface area contributed by atoms with Gasteiger partial charge < -0.3 is 0 Å². The predicted molar refractivity (Wildman–Crippen MR) is 60.7 cm³/mol. The van der Waals surface area contributed by atoms with Gasteiger partial charge in [0.1, 0.15) is 0 Å². The summed E-state index contributed by atoms with van der Waals surface area (Å²) in [4.78, 5) is 0. The molecule has 90 valence electrons. The van der Waals surface area contributed by atoms with Crippen molar-refractivity contribution in [3.8, 4) is 0 Å². The van der Waals surface area contributed by atoms with Gasteiger partial charge in [-0.1, -0.05) is 24.5 Å². The lowest BCUT2D eigenvalue weighted by molar-refractivity contribution is 0.324. The highest BCUT2D eigenvalue weighted by atomic mass is 32.2. The van der Waals surface area contributed by atoms with Crippen LogP contribution >= 0.6 is 0 Å². The Hall–Kier alpha value is -0.910. The summed E-state index contributed by atoms with van der Waals surface area (Å²) in [6.45, 7) is 0.436. The van der Waals surface area contributed by atoms with Gasteiger partial charge in [-0.3, -0.25) is 4.68 Å². The highest BCUT2D eigenvalue weighted by Crippen LogP contribution is 2.36. The molecule has 6 heteroatoms. The lowest BCUT2D eigenvalue weighted by Crippen LogP contribution is -2.44. The molecule has 0 radical (unpaired) electrons. The van der Waals surface area contributed by atoms with Crippen molar-refractivity contribution in [2.75, 3.05) is 6.26 Å². The van der Waals surface area contributed by atoms with Crippen LogP contribution in [0.2, 0.25) is 0 Å². The molecule has 5 nitrogen and oxygen atoms in total. The quantitative estimate of drug-likeness (QED) is 0.795. The van der Waals surface area contributed by atoms with Crippen molar-refractivity contribution in [3.05, 3.63) is 12.4 Å². The maximum absolute atomic E-state index is 12.0. The normalized spacial score (nSPS) is 20.8. The van der Waals surface area contributed by atoms with Gasteiger partial charge in [0.15, 0.2) is 9.84 Å². The number of aromatic nitrogens is 3. The molecule has 0 saturated heterocycles. The fraction of sp³-hybridized carbons (Fsp3) is 0.800. The molecule has 0 unspecified atom stereocenters. The van der Waals surface area contributed by atoms with E-state index in [0.29, 0.717) is 6.54 Å². The van der Waals surface area contributed by atoms with Crippen LogP contribution in [0, 0.1) is 0 Å². The summed E-state index contributed by atoms with van der Waals surface area (Å²) in [5.41, 5.74) is 0. The van der Waals surface area contributed by atoms with Gasteiger partial charge in [-0.15, -0.1) is 5.10 Å². The van der Waals surface area contributed by atoms with Crippen LogP contribution in [0.25, 0.3) is 0 Å². The Morgan fingerprint density at radius 1 is 1.31 bits per heavy atom. The van der Waals surface area contributed by atoms with Gasteiger partial charge in [0.05, 0.1) is 17.5 Å². The van der Waals surface area contributed by atoms with E-state index >= 15 is 0 Å². The Kier molecular flexibility index (Phi) is 3.01. The molecule has 2 rings (SSSR count). The second kappa shape index (κ2) is 4.16. The van der Waals surface area contributed by atoms with Gasteiger partial charge >= 0.3 is 0 Å². The average Bonchev–Trinajstić information content (AvgIpc) is 2.70. The standard InChI is InChI=1S/C10H17N3O2S/c1-16(14,15)10(5-3-2-4-6-10)9-13-8-7-11-12-13/h7-8H,2-6,9H2,1H3. The Labute approximate surface area is 95.8 Å². The largest absolute Gasteiger partial charge is 0.251 e. The molecule has 1 heterocycles. The number of hydrogen-bond acceptors (Lipinski definition) is 4. The summed E-state index contributed by atoms with van der Waals surface area (Å²) in [5.74, 6) is 0. The van der Waals surface area contributed by atoms with E-state index in [-0.39, 0.29) is 0 Å². The van der Waals surface area contributed by atoms with Crippen molar-refractivity contribution < 1.29 is 8.42 Å². The molecule has 1 saturated carbocycles. The molecule has 0 atom stereocenters. The van der Waals surface area contributed by atoms with Crippen LogP contribution in [-0.2, 0) is 16.4 Å². The first-order valence-corrected chi connectivity index (χ1v) is 7.46. The van der Waals surface area contributed by atoms with Crippen LogP contribution in [-0.4, -0.2) is 34.4 Å². The third-order valence-corrected chi connectivity index (χ3v) is 5.58. The zero-order valence-corrected chi connectivity index (χ0v) is 10.3. The molecule has 0 aliphatic heterocycles. The number of sulfone groups is 1. The Morgan fingerprint density at radius 3 is 2.50 bits per heavy atom. The van der Waals surface area contributed by atoms with Gasteiger partial charge in [-0.05, 0) is 12.8 Å².